The van der Waals surface area contributed by atoms with Crippen LogP contribution in [0.4, 0.5) is 0 Å². The molecule has 1 aliphatic heterocycles. The molecule has 1 aliphatic rings. The van der Waals surface area contributed by atoms with Gasteiger partial charge in [-0.3, -0.25) is 0 Å². The van der Waals surface area contributed by atoms with E-state index in [9.17, 15) is 0 Å². The topological polar surface area (TPSA) is 25.2 Å². The average Bonchev–Trinajstić information content (AvgIpc) is 2.91. The van der Waals surface area contributed by atoms with Crippen LogP contribution in [0.25, 0.3) is 11.0 Å². The summed E-state index contributed by atoms with van der Waals surface area (Å²) in [6.45, 7) is 3.08. The molecule has 0 bridgehead atoms. The van der Waals surface area contributed by atoms with Gasteiger partial charge >= 0.3 is 0 Å². The Bertz CT molecular complexity index is 580. The normalized spacial score (nSPS) is 21.2. The zero-order valence-electron chi connectivity index (χ0n) is 11.4. The number of furan rings is 1. The van der Waals surface area contributed by atoms with E-state index in [0.717, 1.165) is 23.3 Å². The van der Waals surface area contributed by atoms with Crippen LogP contribution in [0.5, 0.6) is 0 Å². The molecule has 1 aromatic heterocycles. The molecule has 2 atom stereocenters. The van der Waals surface area contributed by atoms with Crippen LogP contribution in [0.3, 0.4) is 0 Å². The van der Waals surface area contributed by atoms with Gasteiger partial charge in [0, 0.05) is 27.9 Å². The first-order valence-corrected chi connectivity index (χ1v) is 9.48. The van der Waals surface area contributed by atoms with E-state index < -0.39 is 0 Å². The predicted molar refractivity (Wildman–Crippen MR) is 91.2 cm³/mol. The number of fused-ring (bicyclic) bond motifs is 1. The van der Waals surface area contributed by atoms with E-state index in [1.165, 1.54) is 17.3 Å². The quantitative estimate of drug-likeness (QED) is 0.888. The van der Waals surface area contributed by atoms with Gasteiger partial charge in [-0.15, -0.1) is 0 Å². The van der Waals surface area contributed by atoms with E-state index in [1.807, 2.05) is 35.7 Å². The minimum Gasteiger partial charge on any atom is -0.458 e. The highest BCUT2D eigenvalue weighted by Gasteiger charge is 2.28. The van der Waals surface area contributed by atoms with Gasteiger partial charge in [-0.05, 0) is 18.7 Å². The van der Waals surface area contributed by atoms with Crippen LogP contribution in [0, 0.1) is 0 Å². The lowest BCUT2D eigenvalue weighted by Gasteiger charge is -2.28. The van der Waals surface area contributed by atoms with E-state index in [4.69, 9.17) is 16.0 Å². The molecule has 1 fully saturated rings. The minimum atomic E-state index is 0.265. The molecule has 0 amide bonds. The smallest absolute Gasteiger partial charge is 0.152 e. The Hall–Kier alpha value is -0.290. The van der Waals surface area contributed by atoms with Gasteiger partial charge in [-0.25, -0.2) is 0 Å². The van der Waals surface area contributed by atoms with Crippen molar-refractivity contribution in [2.75, 3.05) is 23.8 Å². The van der Waals surface area contributed by atoms with Gasteiger partial charge in [-0.1, -0.05) is 30.7 Å². The van der Waals surface area contributed by atoms with Crippen molar-refractivity contribution >= 4 is 46.1 Å². The van der Waals surface area contributed by atoms with Crippen molar-refractivity contribution in [3.8, 4) is 0 Å². The van der Waals surface area contributed by atoms with E-state index >= 15 is 0 Å². The molecule has 0 saturated carbocycles. The average molecular weight is 328 g/mol. The van der Waals surface area contributed by atoms with Gasteiger partial charge in [0.1, 0.15) is 5.76 Å². The highest BCUT2D eigenvalue weighted by molar-refractivity contribution is 8.06. The number of rotatable bonds is 4. The summed E-state index contributed by atoms with van der Waals surface area (Å²) in [7, 11) is 0. The van der Waals surface area contributed by atoms with Crippen molar-refractivity contribution in [2.24, 2.45) is 0 Å². The fourth-order valence-electron chi connectivity index (χ4n) is 2.53. The lowest BCUT2D eigenvalue weighted by molar-refractivity contribution is 0.436. The molecule has 20 heavy (non-hydrogen) atoms. The van der Waals surface area contributed by atoms with Gasteiger partial charge in [0.15, 0.2) is 5.58 Å². The maximum atomic E-state index is 6.21. The lowest BCUT2D eigenvalue weighted by atomic mass is 10.1. The SMILES string of the molecule is CCNC(c1cc2cccc(Cl)c2o1)C1CSCCS1. The lowest BCUT2D eigenvalue weighted by Crippen LogP contribution is -2.33. The summed E-state index contributed by atoms with van der Waals surface area (Å²) < 4.78 is 6.05. The van der Waals surface area contributed by atoms with E-state index in [2.05, 4.69) is 24.4 Å². The first-order chi connectivity index (χ1) is 9.79. The summed E-state index contributed by atoms with van der Waals surface area (Å²) in [6.07, 6.45) is 0. The van der Waals surface area contributed by atoms with Crippen LogP contribution in [-0.2, 0) is 0 Å². The van der Waals surface area contributed by atoms with Gasteiger partial charge in [0.05, 0.1) is 11.1 Å². The van der Waals surface area contributed by atoms with Crippen molar-refractivity contribution in [1.82, 2.24) is 5.32 Å². The van der Waals surface area contributed by atoms with Gasteiger partial charge in [0.2, 0.25) is 0 Å². The summed E-state index contributed by atoms with van der Waals surface area (Å²) in [5, 5.41) is 5.92. The molecular formula is C15H18ClNOS2. The third-order valence-corrected chi connectivity index (χ3v) is 6.62. The molecule has 2 unspecified atom stereocenters. The van der Waals surface area contributed by atoms with Crippen LogP contribution in [0.15, 0.2) is 28.7 Å². The number of hydrogen-bond acceptors (Lipinski definition) is 4. The molecular weight excluding hydrogens is 310 g/mol. The second-order valence-electron chi connectivity index (χ2n) is 4.83. The molecule has 2 nitrogen and oxygen atoms in total. The molecule has 1 N–H and O–H groups in total. The maximum absolute atomic E-state index is 6.21. The second kappa shape index (κ2) is 6.65. The Morgan fingerprint density at radius 2 is 2.35 bits per heavy atom. The van der Waals surface area contributed by atoms with Crippen molar-refractivity contribution in [2.45, 2.75) is 18.2 Å². The number of nitrogens with one attached hydrogen (secondary N) is 1. The minimum absolute atomic E-state index is 0.265. The Balaban J connectivity index is 1.93. The summed E-state index contributed by atoms with van der Waals surface area (Å²) >= 11 is 10.3. The third kappa shape index (κ3) is 2.98. The second-order valence-corrected chi connectivity index (χ2v) is 7.73. The molecule has 2 heterocycles. The van der Waals surface area contributed by atoms with Crippen LogP contribution in [0.2, 0.25) is 5.02 Å². The number of hydrogen-bond donors (Lipinski definition) is 1. The van der Waals surface area contributed by atoms with Crippen molar-refractivity contribution in [3.63, 3.8) is 0 Å². The molecule has 3 rings (SSSR count). The Morgan fingerprint density at radius 1 is 1.45 bits per heavy atom. The van der Waals surface area contributed by atoms with Crippen LogP contribution in [0.1, 0.15) is 18.7 Å². The van der Waals surface area contributed by atoms with Gasteiger partial charge in [-0.2, -0.15) is 23.5 Å². The first kappa shape index (κ1) is 14.6. The maximum Gasteiger partial charge on any atom is 0.152 e. The standard InChI is InChI=1S/C15H18ClNOS2/c1-2-17-14(13-9-19-6-7-20-13)12-8-10-4-3-5-11(16)15(10)18-12/h3-5,8,13-14,17H,2,6-7,9H2,1H3. The zero-order chi connectivity index (χ0) is 13.9. The third-order valence-electron chi connectivity index (χ3n) is 3.46. The Morgan fingerprint density at radius 3 is 3.05 bits per heavy atom. The molecule has 108 valence electrons. The molecule has 0 radical (unpaired) electrons. The fourth-order valence-corrected chi connectivity index (χ4v) is 5.60. The Labute approximate surface area is 133 Å². The summed E-state index contributed by atoms with van der Waals surface area (Å²) in [5.41, 5.74) is 0.806. The largest absolute Gasteiger partial charge is 0.458 e. The van der Waals surface area contributed by atoms with Crippen molar-refractivity contribution < 1.29 is 4.42 Å². The van der Waals surface area contributed by atoms with Gasteiger partial charge in [0.25, 0.3) is 0 Å². The molecule has 5 heteroatoms. The summed E-state index contributed by atoms with van der Waals surface area (Å²) in [5.74, 6) is 4.66. The molecule has 0 spiro atoms. The van der Waals surface area contributed by atoms with Crippen LogP contribution in [-0.4, -0.2) is 29.1 Å². The molecule has 1 aromatic carbocycles. The molecule has 0 aliphatic carbocycles. The summed E-state index contributed by atoms with van der Waals surface area (Å²) in [4.78, 5) is 0. The van der Waals surface area contributed by atoms with E-state index in [0.29, 0.717) is 10.3 Å². The van der Waals surface area contributed by atoms with Gasteiger partial charge < -0.3 is 9.73 Å². The van der Waals surface area contributed by atoms with Crippen LogP contribution >= 0.6 is 35.1 Å². The van der Waals surface area contributed by atoms with Crippen molar-refractivity contribution in [3.05, 3.63) is 35.0 Å². The van der Waals surface area contributed by atoms with Crippen molar-refractivity contribution in [1.29, 1.82) is 0 Å². The summed E-state index contributed by atoms with van der Waals surface area (Å²) in [6, 6.07) is 8.30. The van der Waals surface area contributed by atoms with Crippen LogP contribution < -0.4 is 5.32 Å². The predicted octanol–water partition coefficient (Wildman–Crippen LogP) is 4.59. The zero-order valence-corrected chi connectivity index (χ0v) is 13.8. The first-order valence-electron chi connectivity index (χ1n) is 6.90. The van der Waals surface area contributed by atoms with E-state index in [-0.39, 0.29) is 6.04 Å². The number of para-hydroxylation sites is 1. The van der Waals surface area contributed by atoms with E-state index in [1.54, 1.807) is 0 Å². The number of benzene rings is 1. The molecule has 1 saturated heterocycles. The fraction of sp³-hybridized carbons (Fsp3) is 0.467. The highest BCUT2D eigenvalue weighted by Crippen LogP contribution is 2.37. The monoisotopic (exact) mass is 327 g/mol. The molecule has 2 aromatic rings. The highest BCUT2D eigenvalue weighted by atomic mass is 35.5. The number of halogens is 1. The number of thioether (sulfide) groups is 2. The Kier molecular flexibility index (Phi) is 4.87.